The maximum absolute atomic E-state index is 12.3. The summed E-state index contributed by atoms with van der Waals surface area (Å²) in [5, 5.41) is 2.78. The number of ether oxygens (including phenoxy) is 1. The lowest BCUT2D eigenvalue weighted by Crippen LogP contribution is -2.37. The Kier molecular flexibility index (Phi) is 7.15. The summed E-state index contributed by atoms with van der Waals surface area (Å²) in [7, 11) is 0. The Morgan fingerprint density at radius 3 is 2.19 bits per heavy atom. The highest BCUT2D eigenvalue weighted by Crippen LogP contribution is 2.25. The Hall–Kier alpha value is -2.41. The maximum Gasteiger partial charge on any atom is 0.338 e. The number of thioether (sulfide) groups is 1. The van der Waals surface area contributed by atoms with Crippen molar-refractivity contribution in [3.8, 4) is 0 Å². The molecule has 2 rings (SSSR count). The van der Waals surface area contributed by atoms with Gasteiger partial charge in [0.2, 0.25) is 0 Å². The van der Waals surface area contributed by atoms with Gasteiger partial charge in [-0.05, 0) is 43.7 Å². The second-order valence-electron chi connectivity index (χ2n) is 5.59. The molecule has 2 unspecified atom stereocenters. The van der Waals surface area contributed by atoms with Crippen LogP contribution in [-0.4, -0.2) is 23.7 Å². The molecule has 7 heteroatoms. The van der Waals surface area contributed by atoms with Gasteiger partial charge in [-0.25, -0.2) is 4.79 Å². The van der Waals surface area contributed by atoms with Gasteiger partial charge in [-0.15, -0.1) is 0 Å². The molecule has 0 fully saturated rings. The number of nitrogens with one attached hydrogen (secondary N) is 1. The minimum atomic E-state index is -2.52. The van der Waals surface area contributed by atoms with Crippen molar-refractivity contribution in [2.75, 3.05) is 0 Å². The van der Waals surface area contributed by atoms with Gasteiger partial charge < -0.3 is 10.1 Å². The lowest BCUT2D eigenvalue weighted by Gasteiger charge is -2.18. The average Bonchev–Trinajstić information content (AvgIpc) is 2.62. The van der Waals surface area contributed by atoms with Gasteiger partial charge in [-0.1, -0.05) is 42.1 Å². The normalized spacial score (nSPS) is 13.1. The smallest absolute Gasteiger partial charge is 0.338 e. The van der Waals surface area contributed by atoms with Crippen molar-refractivity contribution in [3.63, 3.8) is 0 Å². The molecule has 2 aromatic carbocycles. The summed E-state index contributed by atoms with van der Waals surface area (Å²) in [4.78, 5) is 24.6. The van der Waals surface area contributed by atoms with Crippen LogP contribution in [0.1, 0.15) is 35.8 Å². The van der Waals surface area contributed by atoms with Crippen molar-refractivity contribution in [1.29, 1.82) is 0 Å². The lowest BCUT2D eigenvalue weighted by molar-refractivity contribution is -0.129. The summed E-state index contributed by atoms with van der Waals surface area (Å²) >= 11 is 0.393. The molecule has 4 nitrogen and oxygen atoms in total. The topological polar surface area (TPSA) is 55.4 Å². The zero-order valence-electron chi connectivity index (χ0n) is 14.3. The number of benzene rings is 2. The highest BCUT2D eigenvalue weighted by atomic mass is 32.2. The molecule has 0 saturated heterocycles. The van der Waals surface area contributed by atoms with Crippen LogP contribution in [-0.2, 0) is 9.53 Å². The number of hydrogen-bond acceptors (Lipinski definition) is 4. The highest BCUT2D eigenvalue weighted by Gasteiger charge is 2.21. The van der Waals surface area contributed by atoms with E-state index in [0.29, 0.717) is 16.7 Å². The van der Waals surface area contributed by atoms with E-state index >= 15 is 0 Å². The van der Waals surface area contributed by atoms with Crippen molar-refractivity contribution in [2.24, 2.45) is 0 Å². The molecule has 138 valence electrons. The summed E-state index contributed by atoms with van der Waals surface area (Å²) in [5.41, 5.74) is 1.13. The van der Waals surface area contributed by atoms with E-state index in [1.807, 2.05) is 37.3 Å². The molecule has 0 aliphatic heterocycles. The standard InChI is InChI=1S/C19H19F2NO3S/c1-12(14-6-4-3-5-7-14)22-17(23)13(2)25-18(24)15-8-10-16(11-9-15)26-19(20)21/h3-13,19H,1-2H3,(H,22,23). The van der Waals surface area contributed by atoms with Crippen LogP contribution in [0.25, 0.3) is 0 Å². The third-order valence-corrected chi connectivity index (χ3v) is 4.35. The highest BCUT2D eigenvalue weighted by molar-refractivity contribution is 7.99. The Morgan fingerprint density at radius 2 is 1.62 bits per heavy atom. The molecule has 0 spiro atoms. The second-order valence-corrected chi connectivity index (χ2v) is 6.65. The first-order valence-corrected chi connectivity index (χ1v) is 8.86. The molecule has 0 saturated carbocycles. The van der Waals surface area contributed by atoms with E-state index in [9.17, 15) is 18.4 Å². The summed E-state index contributed by atoms with van der Waals surface area (Å²) in [6, 6.07) is 14.8. The number of amides is 1. The average molecular weight is 379 g/mol. The number of rotatable bonds is 7. The van der Waals surface area contributed by atoms with Gasteiger partial charge in [0.05, 0.1) is 11.6 Å². The molecule has 0 radical (unpaired) electrons. The third kappa shape index (κ3) is 5.84. The van der Waals surface area contributed by atoms with Gasteiger partial charge in [-0.2, -0.15) is 8.78 Å². The number of hydrogen-bond donors (Lipinski definition) is 1. The van der Waals surface area contributed by atoms with Gasteiger partial charge in [0, 0.05) is 4.90 Å². The van der Waals surface area contributed by atoms with Gasteiger partial charge in [0.25, 0.3) is 11.7 Å². The number of carbonyl (C=O) groups excluding carboxylic acids is 2. The first-order valence-electron chi connectivity index (χ1n) is 7.98. The molecular formula is C19H19F2NO3S. The largest absolute Gasteiger partial charge is 0.449 e. The van der Waals surface area contributed by atoms with Crippen molar-refractivity contribution in [2.45, 2.75) is 36.6 Å². The van der Waals surface area contributed by atoms with E-state index in [4.69, 9.17) is 4.74 Å². The Morgan fingerprint density at radius 1 is 1.00 bits per heavy atom. The van der Waals surface area contributed by atoms with Crippen LogP contribution in [0.2, 0.25) is 0 Å². The quantitative estimate of drug-likeness (QED) is 0.571. The zero-order valence-corrected chi connectivity index (χ0v) is 15.1. The van der Waals surface area contributed by atoms with Crippen molar-refractivity contribution < 1.29 is 23.1 Å². The van der Waals surface area contributed by atoms with Crippen LogP contribution in [0, 0.1) is 0 Å². The first-order chi connectivity index (χ1) is 12.4. The molecule has 1 N–H and O–H groups in total. The fourth-order valence-corrected chi connectivity index (χ4v) is 2.71. The fourth-order valence-electron chi connectivity index (χ4n) is 2.21. The molecule has 2 atom stereocenters. The van der Waals surface area contributed by atoms with Gasteiger partial charge in [0.15, 0.2) is 6.10 Å². The number of alkyl halides is 2. The molecule has 0 aliphatic carbocycles. The van der Waals surface area contributed by atoms with Crippen LogP contribution in [0.5, 0.6) is 0 Å². The molecular weight excluding hydrogens is 360 g/mol. The van der Waals surface area contributed by atoms with Crippen LogP contribution in [0.3, 0.4) is 0 Å². The first kappa shape index (κ1) is 19.9. The molecule has 26 heavy (non-hydrogen) atoms. The second kappa shape index (κ2) is 9.33. The Labute approximate surface area is 154 Å². The zero-order chi connectivity index (χ0) is 19.1. The minimum absolute atomic E-state index is 0.194. The van der Waals surface area contributed by atoms with Crippen molar-refractivity contribution in [1.82, 2.24) is 5.32 Å². The third-order valence-electron chi connectivity index (χ3n) is 3.63. The van der Waals surface area contributed by atoms with Crippen LogP contribution in [0.15, 0.2) is 59.5 Å². The molecule has 0 heterocycles. The van der Waals surface area contributed by atoms with Crippen LogP contribution in [0.4, 0.5) is 8.78 Å². The van der Waals surface area contributed by atoms with Crippen molar-refractivity contribution >= 4 is 23.6 Å². The minimum Gasteiger partial charge on any atom is -0.449 e. The summed E-state index contributed by atoms with van der Waals surface area (Å²) < 4.78 is 29.7. The number of carbonyl (C=O) groups is 2. The SMILES string of the molecule is CC(OC(=O)c1ccc(SC(F)F)cc1)C(=O)NC(C)c1ccccc1. The van der Waals surface area contributed by atoms with Gasteiger partial charge >= 0.3 is 5.97 Å². The lowest BCUT2D eigenvalue weighted by atomic mass is 10.1. The summed E-state index contributed by atoms with van der Waals surface area (Å²) in [6.45, 7) is 3.31. The molecule has 0 aliphatic rings. The Balaban J connectivity index is 1.90. The monoisotopic (exact) mass is 379 g/mol. The van der Waals surface area contributed by atoms with Crippen LogP contribution < -0.4 is 5.32 Å². The summed E-state index contributed by atoms with van der Waals surface area (Å²) in [6.07, 6.45) is -0.983. The van der Waals surface area contributed by atoms with E-state index in [2.05, 4.69) is 5.32 Å². The van der Waals surface area contributed by atoms with E-state index < -0.39 is 23.7 Å². The predicted molar refractivity (Wildman–Crippen MR) is 96.2 cm³/mol. The fraction of sp³-hybridized carbons (Fsp3) is 0.263. The molecule has 0 aromatic heterocycles. The molecule has 1 amide bonds. The maximum atomic E-state index is 12.3. The predicted octanol–water partition coefficient (Wildman–Crippen LogP) is 4.42. The van der Waals surface area contributed by atoms with E-state index in [0.717, 1.165) is 5.56 Å². The Bertz CT molecular complexity index is 738. The van der Waals surface area contributed by atoms with Gasteiger partial charge in [-0.3, -0.25) is 4.79 Å². The molecule has 0 bridgehead atoms. The van der Waals surface area contributed by atoms with E-state index in [-0.39, 0.29) is 11.6 Å². The number of halogens is 2. The van der Waals surface area contributed by atoms with Gasteiger partial charge in [0.1, 0.15) is 0 Å². The van der Waals surface area contributed by atoms with E-state index in [1.54, 1.807) is 0 Å². The summed E-state index contributed by atoms with van der Waals surface area (Å²) in [5.74, 6) is -3.63. The van der Waals surface area contributed by atoms with Crippen LogP contribution >= 0.6 is 11.8 Å². The van der Waals surface area contributed by atoms with E-state index in [1.165, 1.54) is 31.2 Å². The number of esters is 1. The molecule has 2 aromatic rings. The van der Waals surface area contributed by atoms with Crippen molar-refractivity contribution in [3.05, 3.63) is 65.7 Å².